The molecule has 0 aliphatic heterocycles. The number of benzene rings is 1. The van der Waals surface area contributed by atoms with Gasteiger partial charge in [-0.25, -0.2) is 0 Å². The first-order valence-corrected chi connectivity index (χ1v) is 5.41. The maximum atomic E-state index is 11.9. The lowest BCUT2D eigenvalue weighted by Crippen LogP contribution is -2.36. The van der Waals surface area contributed by atoms with E-state index in [-0.39, 0.29) is 23.7 Å². The van der Waals surface area contributed by atoms with E-state index < -0.39 is 12.1 Å². The van der Waals surface area contributed by atoms with E-state index in [1.807, 2.05) is 0 Å². The van der Waals surface area contributed by atoms with Gasteiger partial charge in [0.1, 0.15) is 11.6 Å². The summed E-state index contributed by atoms with van der Waals surface area (Å²) < 4.78 is 35.7. The van der Waals surface area contributed by atoms with Crippen LogP contribution in [-0.2, 0) is 4.79 Å². The number of amidine groups is 1. The number of halogens is 3. The highest BCUT2D eigenvalue weighted by Gasteiger charge is 2.37. The van der Waals surface area contributed by atoms with E-state index in [1.165, 1.54) is 30.4 Å². The molecule has 0 fully saturated rings. The predicted molar refractivity (Wildman–Crippen MR) is 67.2 cm³/mol. The van der Waals surface area contributed by atoms with Crippen LogP contribution in [0.5, 0.6) is 5.75 Å². The molecule has 0 unspecified atom stereocenters. The minimum absolute atomic E-state index is 0.117. The summed E-state index contributed by atoms with van der Waals surface area (Å²) in [6.07, 6.45) is -2.37. The van der Waals surface area contributed by atoms with E-state index in [2.05, 4.69) is 0 Å². The molecule has 8 heteroatoms. The molecule has 5 N–H and O–H groups in total. The number of carbonyl (C=O) groups is 1. The van der Waals surface area contributed by atoms with Gasteiger partial charge in [0.2, 0.25) is 0 Å². The summed E-state index contributed by atoms with van der Waals surface area (Å²) in [6, 6.07) is 4.14. The topological polar surface area (TPSA) is 99.2 Å². The lowest BCUT2D eigenvalue weighted by atomic mass is 10.1. The molecular formula is C12H12F3N3O2. The second-order valence-electron chi connectivity index (χ2n) is 3.80. The number of nitrogens with one attached hydrogen (secondary N) is 2. The molecule has 0 aromatic heterocycles. The largest absolute Gasteiger partial charge is 0.507 e. The summed E-state index contributed by atoms with van der Waals surface area (Å²) >= 11 is 0. The maximum Gasteiger partial charge on any atom is 0.471 e. The molecule has 1 aromatic carbocycles. The van der Waals surface area contributed by atoms with E-state index in [1.54, 1.807) is 5.32 Å². The van der Waals surface area contributed by atoms with Crippen molar-refractivity contribution in [3.05, 3.63) is 35.4 Å². The Balaban J connectivity index is 2.69. The van der Waals surface area contributed by atoms with Crippen molar-refractivity contribution in [1.82, 2.24) is 5.32 Å². The molecule has 0 heterocycles. The van der Waals surface area contributed by atoms with Gasteiger partial charge in [0.05, 0.1) is 0 Å². The summed E-state index contributed by atoms with van der Waals surface area (Å²) in [5, 5.41) is 18.4. The molecular weight excluding hydrogens is 275 g/mol. The van der Waals surface area contributed by atoms with Crippen molar-refractivity contribution in [3.8, 4) is 5.75 Å². The van der Waals surface area contributed by atoms with Gasteiger partial charge in [-0.1, -0.05) is 12.2 Å². The number of nitrogen functional groups attached to an aromatic ring is 1. The van der Waals surface area contributed by atoms with Crippen molar-refractivity contribution < 1.29 is 23.1 Å². The first-order chi connectivity index (χ1) is 9.21. The Morgan fingerprint density at radius 3 is 2.65 bits per heavy atom. The second-order valence-corrected chi connectivity index (χ2v) is 3.80. The van der Waals surface area contributed by atoms with Gasteiger partial charge < -0.3 is 16.2 Å². The first-order valence-electron chi connectivity index (χ1n) is 5.41. The number of alkyl halides is 3. The molecule has 0 saturated heterocycles. The highest BCUT2D eigenvalue weighted by Crippen LogP contribution is 2.19. The fourth-order valence-electron chi connectivity index (χ4n) is 1.29. The molecule has 0 saturated carbocycles. The van der Waals surface area contributed by atoms with Crippen molar-refractivity contribution in [2.24, 2.45) is 5.73 Å². The number of carbonyl (C=O) groups excluding carboxylic acids is 1. The second kappa shape index (κ2) is 6.09. The molecule has 0 aliphatic rings. The number of phenolic OH excluding ortho intramolecular Hbond substituents is 1. The Labute approximate surface area is 112 Å². The number of phenols is 1. The summed E-state index contributed by atoms with van der Waals surface area (Å²) in [5.41, 5.74) is 5.91. The Hall–Kier alpha value is -2.51. The molecule has 1 rings (SSSR count). The third kappa shape index (κ3) is 4.30. The van der Waals surface area contributed by atoms with Crippen molar-refractivity contribution in [3.63, 3.8) is 0 Å². The van der Waals surface area contributed by atoms with Crippen molar-refractivity contribution in [2.45, 2.75) is 6.18 Å². The van der Waals surface area contributed by atoms with Crippen LogP contribution in [0.2, 0.25) is 0 Å². The van der Waals surface area contributed by atoms with Gasteiger partial charge in [-0.05, 0) is 18.2 Å². The van der Waals surface area contributed by atoms with E-state index in [0.29, 0.717) is 5.56 Å². The van der Waals surface area contributed by atoms with Crippen LogP contribution in [0.3, 0.4) is 0 Å². The molecule has 0 aliphatic carbocycles. The number of nitrogens with two attached hydrogens (primary N) is 1. The first kappa shape index (κ1) is 15.5. The smallest absolute Gasteiger partial charge is 0.471 e. The van der Waals surface area contributed by atoms with E-state index in [9.17, 15) is 23.1 Å². The summed E-state index contributed by atoms with van der Waals surface area (Å²) in [4.78, 5) is 10.5. The van der Waals surface area contributed by atoms with E-state index in [0.717, 1.165) is 0 Å². The van der Waals surface area contributed by atoms with Crippen LogP contribution in [-0.4, -0.2) is 29.6 Å². The van der Waals surface area contributed by atoms with Gasteiger partial charge in [0, 0.05) is 17.7 Å². The van der Waals surface area contributed by atoms with Crippen LogP contribution < -0.4 is 11.1 Å². The summed E-state index contributed by atoms with van der Waals surface area (Å²) in [7, 11) is 0. The zero-order chi connectivity index (χ0) is 15.3. The molecule has 108 valence electrons. The van der Waals surface area contributed by atoms with Crippen LogP contribution in [0.4, 0.5) is 13.2 Å². The van der Waals surface area contributed by atoms with Gasteiger partial charge in [-0.15, -0.1) is 0 Å². The molecule has 1 aromatic rings. The fourth-order valence-corrected chi connectivity index (χ4v) is 1.29. The highest BCUT2D eigenvalue weighted by atomic mass is 19.4. The Kier molecular flexibility index (Phi) is 4.73. The van der Waals surface area contributed by atoms with Crippen molar-refractivity contribution in [1.29, 1.82) is 5.41 Å². The van der Waals surface area contributed by atoms with Crippen LogP contribution in [0.25, 0.3) is 6.08 Å². The van der Waals surface area contributed by atoms with Gasteiger partial charge in [-0.3, -0.25) is 10.2 Å². The number of hydrogen-bond donors (Lipinski definition) is 4. The van der Waals surface area contributed by atoms with Crippen LogP contribution in [0.1, 0.15) is 11.1 Å². The van der Waals surface area contributed by atoms with E-state index in [4.69, 9.17) is 11.1 Å². The van der Waals surface area contributed by atoms with Crippen molar-refractivity contribution in [2.75, 3.05) is 6.54 Å². The van der Waals surface area contributed by atoms with Crippen LogP contribution in [0, 0.1) is 5.41 Å². The van der Waals surface area contributed by atoms with Gasteiger partial charge in [0.15, 0.2) is 0 Å². The normalized spacial score (nSPS) is 11.6. The predicted octanol–water partition coefficient (Wildman–Crippen LogP) is 1.37. The highest BCUT2D eigenvalue weighted by molar-refractivity contribution is 5.95. The average molecular weight is 287 g/mol. The molecule has 0 spiro atoms. The van der Waals surface area contributed by atoms with Crippen LogP contribution in [0.15, 0.2) is 24.3 Å². The molecule has 0 radical (unpaired) electrons. The Morgan fingerprint density at radius 1 is 1.45 bits per heavy atom. The zero-order valence-electron chi connectivity index (χ0n) is 10.2. The zero-order valence-corrected chi connectivity index (χ0v) is 10.2. The quantitative estimate of drug-likeness (QED) is 0.497. The van der Waals surface area contributed by atoms with Gasteiger partial charge >= 0.3 is 12.1 Å². The van der Waals surface area contributed by atoms with Crippen LogP contribution >= 0.6 is 0 Å². The Morgan fingerprint density at radius 2 is 2.10 bits per heavy atom. The van der Waals surface area contributed by atoms with Gasteiger partial charge in [-0.2, -0.15) is 13.2 Å². The Bertz CT molecular complexity index is 553. The third-order valence-corrected chi connectivity index (χ3v) is 2.27. The summed E-state index contributed by atoms with van der Waals surface area (Å²) in [5.74, 6) is -2.36. The lowest BCUT2D eigenvalue weighted by molar-refractivity contribution is -0.173. The summed E-state index contributed by atoms with van der Waals surface area (Å²) in [6.45, 7) is -0.345. The molecule has 0 bridgehead atoms. The number of rotatable bonds is 4. The monoisotopic (exact) mass is 287 g/mol. The van der Waals surface area contributed by atoms with E-state index >= 15 is 0 Å². The average Bonchev–Trinajstić information content (AvgIpc) is 2.34. The number of amides is 1. The molecule has 20 heavy (non-hydrogen) atoms. The maximum absolute atomic E-state index is 11.9. The van der Waals surface area contributed by atoms with Crippen molar-refractivity contribution >= 4 is 17.8 Å². The minimum atomic E-state index is -4.93. The minimum Gasteiger partial charge on any atom is -0.507 e. The molecule has 0 atom stereocenters. The van der Waals surface area contributed by atoms with Gasteiger partial charge in [0.25, 0.3) is 0 Å². The standard InChI is InChI=1S/C12H12F3N3O2/c13-12(14,15)11(20)18-5-1-2-7-6-8(10(16)17)3-4-9(7)19/h1-4,6,19H,5H2,(H3,16,17)(H,18,20). The molecule has 1 amide bonds. The molecule has 5 nitrogen and oxygen atoms in total. The number of hydrogen-bond acceptors (Lipinski definition) is 3. The third-order valence-electron chi connectivity index (χ3n) is 2.27. The SMILES string of the molecule is N=C(N)c1ccc(O)c(C=CCNC(=O)C(F)(F)F)c1. The lowest BCUT2D eigenvalue weighted by Gasteiger charge is -2.05. The number of aromatic hydroxyl groups is 1. The fraction of sp³-hybridized carbons (Fsp3) is 0.167.